The van der Waals surface area contributed by atoms with Gasteiger partial charge in [0.2, 0.25) is 10.9 Å². The number of hydrazone groups is 1. The maximum atomic E-state index is 12.9. The molecule has 0 aliphatic carbocycles. The van der Waals surface area contributed by atoms with Gasteiger partial charge in [0.1, 0.15) is 17.7 Å². The normalized spacial score (nSPS) is 14.5. The predicted octanol–water partition coefficient (Wildman–Crippen LogP) is 2.51. The van der Waals surface area contributed by atoms with Gasteiger partial charge in [-0.1, -0.05) is 6.08 Å². The number of ether oxygens (including phenoxy) is 2. The number of benzene rings is 1. The van der Waals surface area contributed by atoms with Crippen LogP contribution >= 0.6 is 12.2 Å². The van der Waals surface area contributed by atoms with Crippen LogP contribution in [0.5, 0.6) is 11.5 Å². The van der Waals surface area contributed by atoms with E-state index in [1.807, 2.05) is 0 Å². The van der Waals surface area contributed by atoms with Crippen molar-refractivity contribution in [3.05, 3.63) is 47.0 Å². The Bertz CT molecular complexity index is 1280. The summed E-state index contributed by atoms with van der Waals surface area (Å²) in [5.41, 5.74) is 0.170. The largest absolute Gasteiger partial charge is 0.495 e. The molecular formula is C20H17N3O6S. The number of thiocarbonyl (C=S) groups is 1. The molecule has 154 valence electrons. The highest BCUT2D eigenvalue weighted by molar-refractivity contribution is 7.80. The third kappa shape index (κ3) is 3.01. The summed E-state index contributed by atoms with van der Waals surface area (Å²) in [5.74, 6) is 0.389. The predicted molar refractivity (Wildman–Crippen MR) is 114 cm³/mol. The van der Waals surface area contributed by atoms with E-state index < -0.39 is 0 Å². The number of methoxy groups -OCH3 is 2. The first-order chi connectivity index (χ1) is 14.5. The van der Waals surface area contributed by atoms with Gasteiger partial charge in [0.05, 0.1) is 32.1 Å². The van der Waals surface area contributed by atoms with Crippen LogP contribution in [-0.4, -0.2) is 54.5 Å². The number of fused-ring (bicyclic) bond motifs is 2. The summed E-state index contributed by atoms with van der Waals surface area (Å²) in [5, 5.41) is 6.23. The first-order valence-electron chi connectivity index (χ1n) is 8.85. The second-order valence-corrected chi connectivity index (χ2v) is 6.71. The van der Waals surface area contributed by atoms with Crippen molar-refractivity contribution in [2.24, 2.45) is 5.10 Å². The minimum absolute atomic E-state index is 0.103. The van der Waals surface area contributed by atoms with Crippen LogP contribution in [0.2, 0.25) is 0 Å². The average molecular weight is 427 g/mol. The highest BCUT2D eigenvalue weighted by Gasteiger charge is 2.32. The van der Waals surface area contributed by atoms with Gasteiger partial charge in [0.15, 0.2) is 22.4 Å². The summed E-state index contributed by atoms with van der Waals surface area (Å²) < 4.78 is 22.2. The van der Waals surface area contributed by atoms with Crippen LogP contribution in [0.3, 0.4) is 0 Å². The number of carbonyl (C=O) groups is 1. The zero-order valence-corrected chi connectivity index (χ0v) is 17.0. The third-order valence-corrected chi connectivity index (χ3v) is 5.02. The fraction of sp³-hybridized carbons (Fsp3) is 0.200. The Morgan fingerprint density at radius 3 is 2.73 bits per heavy atom. The molecule has 30 heavy (non-hydrogen) atoms. The molecule has 9 nitrogen and oxygen atoms in total. The van der Waals surface area contributed by atoms with E-state index in [1.54, 1.807) is 17.0 Å². The molecule has 0 unspecified atom stereocenters. The first kappa shape index (κ1) is 19.6. The van der Waals surface area contributed by atoms with Crippen molar-refractivity contribution in [2.75, 3.05) is 27.3 Å². The van der Waals surface area contributed by atoms with Crippen LogP contribution in [0.1, 0.15) is 5.76 Å². The molecule has 3 heterocycles. The fourth-order valence-corrected chi connectivity index (χ4v) is 3.60. The van der Waals surface area contributed by atoms with E-state index in [1.165, 1.54) is 32.8 Å². The van der Waals surface area contributed by atoms with Crippen LogP contribution in [0, 0.1) is 0 Å². The summed E-state index contributed by atoms with van der Waals surface area (Å²) >= 11 is 5.27. The van der Waals surface area contributed by atoms with E-state index in [9.17, 15) is 9.59 Å². The molecule has 0 N–H and O–H groups in total. The lowest BCUT2D eigenvalue weighted by atomic mass is 10.1. The van der Waals surface area contributed by atoms with E-state index in [0.29, 0.717) is 23.3 Å². The van der Waals surface area contributed by atoms with Crippen molar-refractivity contribution >= 4 is 51.4 Å². The smallest absolute Gasteiger partial charge is 0.269 e. The van der Waals surface area contributed by atoms with E-state index in [2.05, 4.69) is 11.7 Å². The van der Waals surface area contributed by atoms with Crippen LogP contribution in [0.25, 0.3) is 21.9 Å². The van der Waals surface area contributed by atoms with Crippen molar-refractivity contribution in [2.45, 2.75) is 0 Å². The van der Waals surface area contributed by atoms with Crippen LogP contribution in [-0.2, 0) is 4.79 Å². The molecule has 0 bridgehead atoms. The zero-order chi connectivity index (χ0) is 21.4. The molecule has 1 aromatic carbocycles. The fourth-order valence-electron chi connectivity index (χ4n) is 3.31. The number of nitrogens with zero attached hydrogens (tertiary/aromatic N) is 3. The standard InChI is InChI=1S/C20H17N3O6S/c1-4-6-22-10-14(25)23(20(22)30)21-9-11-8-13(24)15-16(26-2)12-5-7-28-17(12)19(27-3)18(15)29-11/h4-5,7-9H,1,6,10H2,2-3H3/b21-9+. The van der Waals surface area contributed by atoms with E-state index in [0.717, 1.165) is 5.01 Å². The zero-order valence-electron chi connectivity index (χ0n) is 16.2. The van der Waals surface area contributed by atoms with Crippen LogP contribution < -0.4 is 14.9 Å². The molecule has 10 heteroatoms. The molecule has 3 aromatic rings. The lowest BCUT2D eigenvalue weighted by molar-refractivity contribution is -0.125. The van der Waals surface area contributed by atoms with Gasteiger partial charge in [-0.2, -0.15) is 10.1 Å². The van der Waals surface area contributed by atoms with Gasteiger partial charge in [-0.3, -0.25) is 9.59 Å². The Morgan fingerprint density at radius 2 is 2.03 bits per heavy atom. The summed E-state index contributed by atoms with van der Waals surface area (Å²) in [7, 11) is 2.90. The Kier molecular flexibility index (Phi) is 5.00. The lowest BCUT2D eigenvalue weighted by Gasteiger charge is -2.14. The monoisotopic (exact) mass is 427 g/mol. The number of carbonyl (C=O) groups excluding carboxylic acids is 1. The van der Waals surface area contributed by atoms with Gasteiger partial charge in [-0.05, 0) is 18.3 Å². The quantitative estimate of drug-likeness (QED) is 0.336. The molecule has 0 spiro atoms. The Labute approximate surface area is 175 Å². The van der Waals surface area contributed by atoms with Crippen LogP contribution in [0.15, 0.2) is 49.8 Å². The summed E-state index contributed by atoms with van der Waals surface area (Å²) in [6.07, 6.45) is 4.36. The summed E-state index contributed by atoms with van der Waals surface area (Å²) in [6, 6.07) is 2.94. The molecule has 1 aliphatic heterocycles. The molecule has 0 atom stereocenters. The molecular weight excluding hydrogens is 410 g/mol. The third-order valence-electron chi connectivity index (χ3n) is 4.59. The van der Waals surface area contributed by atoms with Crippen molar-refractivity contribution in [3.8, 4) is 11.5 Å². The SMILES string of the molecule is C=CCN1CC(=O)N(/N=C/c2cc(=O)c3c(OC)c4ccoc4c(OC)c3o2)C1=S. The van der Waals surface area contributed by atoms with Crippen molar-refractivity contribution < 1.29 is 23.1 Å². The van der Waals surface area contributed by atoms with Gasteiger partial charge in [-0.25, -0.2) is 0 Å². The molecule has 1 saturated heterocycles. The highest BCUT2D eigenvalue weighted by atomic mass is 32.1. The summed E-state index contributed by atoms with van der Waals surface area (Å²) in [4.78, 5) is 26.7. The van der Waals surface area contributed by atoms with E-state index >= 15 is 0 Å². The van der Waals surface area contributed by atoms with Gasteiger partial charge in [-0.15, -0.1) is 6.58 Å². The summed E-state index contributed by atoms with van der Waals surface area (Å²) in [6.45, 7) is 4.17. The van der Waals surface area contributed by atoms with Gasteiger partial charge in [0, 0.05) is 12.6 Å². The molecule has 0 radical (unpaired) electrons. The Morgan fingerprint density at radius 1 is 1.27 bits per heavy atom. The molecule has 1 aliphatic rings. The molecule has 2 aromatic heterocycles. The molecule has 4 rings (SSSR count). The number of rotatable bonds is 6. The lowest BCUT2D eigenvalue weighted by Crippen LogP contribution is -2.29. The van der Waals surface area contributed by atoms with Gasteiger partial charge >= 0.3 is 0 Å². The number of hydrogen-bond acceptors (Lipinski definition) is 8. The average Bonchev–Trinajstić information content (AvgIpc) is 3.30. The second-order valence-electron chi connectivity index (χ2n) is 6.35. The first-order valence-corrected chi connectivity index (χ1v) is 9.26. The van der Waals surface area contributed by atoms with Crippen molar-refractivity contribution in [1.29, 1.82) is 0 Å². The Balaban J connectivity index is 1.82. The molecule has 0 saturated carbocycles. The Hall–Kier alpha value is -3.66. The van der Waals surface area contributed by atoms with Crippen LogP contribution in [0.4, 0.5) is 0 Å². The van der Waals surface area contributed by atoms with Gasteiger partial charge in [0.25, 0.3) is 5.91 Å². The molecule has 1 fully saturated rings. The maximum Gasteiger partial charge on any atom is 0.269 e. The van der Waals surface area contributed by atoms with Crippen molar-refractivity contribution in [1.82, 2.24) is 9.91 Å². The minimum atomic E-state index is -0.362. The highest BCUT2D eigenvalue weighted by Crippen LogP contribution is 2.41. The second kappa shape index (κ2) is 7.64. The van der Waals surface area contributed by atoms with Crippen molar-refractivity contribution in [3.63, 3.8) is 0 Å². The number of amides is 1. The van der Waals surface area contributed by atoms with E-state index in [4.69, 9.17) is 30.5 Å². The topological polar surface area (TPSA) is 97.7 Å². The van der Waals surface area contributed by atoms with Gasteiger partial charge < -0.3 is 23.2 Å². The number of furan rings is 1. The number of hydrogen-bond donors (Lipinski definition) is 0. The maximum absolute atomic E-state index is 12.9. The molecule has 1 amide bonds. The van der Waals surface area contributed by atoms with E-state index in [-0.39, 0.29) is 45.5 Å². The minimum Gasteiger partial charge on any atom is -0.495 e.